The van der Waals surface area contributed by atoms with Gasteiger partial charge in [0.15, 0.2) is 5.78 Å². The van der Waals surface area contributed by atoms with Crippen LogP contribution in [0.3, 0.4) is 0 Å². The van der Waals surface area contributed by atoms with Crippen LogP contribution in [-0.4, -0.2) is 34.5 Å². The molecule has 1 amide bonds. The van der Waals surface area contributed by atoms with Crippen molar-refractivity contribution in [2.75, 3.05) is 0 Å². The molecule has 1 fully saturated rings. The molecular weight excluding hydrogens is 278 g/mol. The lowest BCUT2D eigenvalue weighted by Crippen LogP contribution is -2.49. The van der Waals surface area contributed by atoms with Gasteiger partial charge in [-0.2, -0.15) is 0 Å². The van der Waals surface area contributed by atoms with Gasteiger partial charge >= 0.3 is 6.09 Å². The smallest absolute Gasteiger partial charge is 0.411 e. The van der Waals surface area contributed by atoms with E-state index in [1.165, 1.54) is 0 Å². The Kier molecular flexibility index (Phi) is 7.11. The lowest BCUT2D eigenvalue weighted by Gasteiger charge is -2.40. The summed E-state index contributed by atoms with van der Waals surface area (Å²) in [5, 5.41) is 0. The van der Waals surface area contributed by atoms with Crippen molar-refractivity contribution in [3.05, 3.63) is 12.2 Å². The van der Waals surface area contributed by atoms with E-state index in [0.717, 1.165) is 32.1 Å². The zero-order valence-corrected chi connectivity index (χ0v) is 14.7. The number of carbonyl (C=O) groups is 2. The molecule has 0 aromatic carbocycles. The monoisotopic (exact) mass is 309 g/mol. The molecule has 0 bridgehead atoms. The van der Waals surface area contributed by atoms with Gasteiger partial charge in [-0.05, 0) is 59.5 Å². The summed E-state index contributed by atoms with van der Waals surface area (Å²) in [7, 11) is 0. The highest BCUT2D eigenvalue weighted by molar-refractivity contribution is 5.89. The molecule has 0 spiro atoms. The van der Waals surface area contributed by atoms with Crippen LogP contribution in [0.1, 0.15) is 73.1 Å². The minimum atomic E-state index is -0.501. The molecule has 4 nitrogen and oxygen atoms in total. The van der Waals surface area contributed by atoms with Gasteiger partial charge in [0.25, 0.3) is 0 Å². The minimum Gasteiger partial charge on any atom is -0.444 e. The van der Waals surface area contributed by atoms with Crippen molar-refractivity contribution in [3.63, 3.8) is 0 Å². The molecule has 0 aromatic rings. The van der Waals surface area contributed by atoms with E-state index in [2.05, 4.69) is 6.92 Å². The van der Waals surface area contributed by atoms with E-state index in [0.29, 0.717) is 6.42 Å². The Bertz CT molecular complexity index is 409. The van der Waals surface area contributed by atoms with Crippen LogP contribution in [0, 0.1) is 0 Å². The lowest BCUT2D eigenvalue weighted by molar-refractivity contribution is -0.114. The van der Waals surface area contributed by atoms with Gasteiger partial charge in [0.05, 0.1) is 6.04 Å². The topological polar surface area (TPSA) is 46.6 Å². The summed E-state index contributed by atoms with van der Waals surface area (Å²) in [5.41, 5.74) is -0.501. The summed E-state index contributed by atoms with van der Waals surface area (Å²) in [6, 6.07) is 0.105. The summed E-state index contributed by atoms with van der Waals surface area (Å²) in [6.07, 6.45) is 8.71. The molecule has 1 rings (SSSR count). The van der Waals surface area contributed by atoms with E-state index in [-0.39, 0.29) is 24.0 Å². The summed E-state index contributed by atoms with van der Waals surface area (Å²) < 4.78 is 5.52. The standard InChI is InChI=1S/C18H31NO3/c1-6-7-11-16(20)13-12-15-10-8-9-14(2)19(15)17(21)22-18(3,4)5/h12-15H,6-11H2,1-5H3/b13-12+/t14-,15-/m0/s1. The van der Waals surface area contributed by atoms with E-state index in [1.54, 1.807) is 11.0 Å². The molecule has 0 radical (unpaired) electrons. The predicted molar refractivity (Wildman–Crippen MR) is 88.8 cm³/mol. The maximum atomic E-state index is 12.4. The Labute approximate surface area is 134 Å². The fourth-order valence-corrected chi connectivity index (χ4v) is 2.70. The SMILES string of the molecule is CCCCC(=O)/C=C/[C@@H]1CCC[C@H](C)N1C(=O)OC(C)(C)C. The normalized spacial score (nSPS) is 22.9. The van der Waals surface area contributed by atoms with Crippen LogP contribution in [0.15, 0.2) is 12.2 Å². The molecular formula is C18H31NO3. The maximum Gasteiger partial charge on any atom is 0.411 e. The van der Waals surface area contributed by atoms with Crippen LogP contribution >= 0.6 is 0 Å². The first kappa shape index (κ1) is 18.7. The van der Waals surface area contributed by atoms with Gasteiger partial charge in [0, 0.05) is 12.5 Å². The summed E-state index contributed by atoms with van der Waals surface area (Å²) in [6.45, 7) is 9.74. The minimum absolute atomic E-state index is 0.0378. The van der Waals surface area contributed by atoms with Gasteiger partial charge in [-0.25, -0.2) is 4.79 Å². The Hall–Kier alpha value is -1.32. The Balaban J connectivity index is 2.74. The van der Waals surface area contributed by atoms with E-state index >= 15 is 0 Å². The fraction of sp³-hybridized carbons (Fsp3) is 0.778. The first-order chi connectivity index (χ1) is 10.2. The Morgan fingerprint density at radius 3 is 2.55 bits per heavy atom. The van der Waals surface area contributed by atoms with Crippen LogP contribution in [0.4, 0.5) is 4.79 Å². The number of piperidine rings is 1. The van der Waals surface area contributed by atoms with Crippen molar-refractivity contribution < 1.29 is 14.3 Å². The quantitative estimate of drug-likeness (QED) is 0.703. The first-order valence-corrected chi connectivity index (χ1v) is 8.47. The van der Waals surface area contributed by atoms with Gasteiger partial charge in [-0.3, -0.25) is 9.69 Å². The second kappa shape index (κ2) is 8.35. The van der Waals surface area contributed by atoms with Crippen molar-refractivity contribution in [2.45, 2.75) is 90.8 Å². The molecule has 1 aliphatic heterocycles. The number of hydrogen-bond donors (Lipinski definition) is 0. The highest BCUT2D eigenvalue weighted by atomic mass is 16.6. The van der Waals surface area contributed by atoms with Crippen molar-refractivity contribution in [1.82, 2.24) is 4.90 Å². The van der Waals surface area contributed by atoms with Crippen molar-refractivity contribution >= 4 is 11.9 Å². The average molecular weight is 309 g/mol. The van der Waals surface area contributed by atoms with Crippen LogP contribution in [0.5, 0.6) is 0 Å². The molecule has 0 aromatic heterocycles. The number of allylic oxidation sites excluding steroid dienone is 1. The van der Waals surface area contributed by atoms with Crippen LogP contribution in [-0.2, 0) is 9.53 Å². The van der Waals surface area contributed by atoms with Gasteiger partial charge in [-0.15, -0.1) is 0 Å². The zero-order valence-electron chi connectivity index (χ0n) is 14.7. The van der Waals surface area contributed by atoms with Crippen molar-refractivity contribution in [3.8, 4) is 0 Å². The van der Waals surface area contributed by atoms with Gasteiger partial charge < -0.3 is 4.74 Å². The number of ketones is 1. The lowest BCUT2D eigenvalue weighted by atomic mass is 9.96. The number of likely N-dealkylation sites (tertiary alicyclic amines) is 1. The molecule has 0 saturated carbocycles. The predicted octanol–water partition coefficient (Wildman–Crippen LogP) is 4.48. The van der Waals surface area contributed by atoms with E-state index in [1.807, 2.05) is 33.8 Å². The summed E-state index contributed by atoms with van der Waals surface area (Å²) in [4.78, 5) is 26.0. The summed E-state index contributed by atoms with van der Waals surface area (Å²) in [5.74, 6) is 0.143. The molecule has 22 heavy (non-hydrogen) atoms. The van der Waals surface area contributed by atoms with E-state index < -0.39 is 5.60 Å². The molecule has 2 atom stereocenters. The second-order valence-electron chi connectivity index (χ2n) is 7.16. The number of rotatable bonds is 5. The number of hydrogen-bond acceptors (Lipinski definition) is 3. The van der Waals surface area contributed by atoms with Crippen molar-refractivity contribution in [2.24, 2.45) is 0 Å². The molecule has 0 aliphatic carbocycles. The second-order valence-corrected chi connectivity index (χ2v) is 7.16. The molecule has 126 valence electrons. The van der Waals surface area contributed by atoms with Gasteiger partial charge in [0.1, 0.15) is 5.60 Å². The number of carbonyl (C=O) groups excluding carboxylic acids is 2. The summed E-state index contributed by atoms with van der Waals surface area (Å²) >= 11 is 0. The molecule has 1 heterocycles. The first-order valence-electron chi connectivity index (χ1n) is 8.47. The van der Waals surface area contributed by atoms with Gasteiger partial charge in [0.2, 0.25) is 0 Å². The highest BCUT2D eigenvalue weighted by Gasteiger charge is 2.33. The molecule has 0 unspecified atom stereocenters. The van der Waals surface area contributed by atoms with Crippen LogP contribution in [0.2, 0.25) is 0 Å². The third kappa shape index (κ3) is 6.20. The highest BCUT2D eigenvalue weighted by Crippen LogP contribution is 2.26. The molecule has 1 saturated heterocycles. The number of nitrogens with zero attached hydrogens (tertiary/aromatic N) is 1. The molecule has 0 N–H and O–H groups in total. The van der Waals surface area contributed by atoms with Gasteiger partial charge in [-0.1, -0.05) is 19.4 Å². The zero-order chi connectivity index (χ0) is 16.8. The number of ether oxygens (including phenoxy) is 1. The third-order valence-corrected chi connectivity index (χ3v) is 3.84. The van der Waals surface area contributed by atoms with E-state index in [4.69, 9.17) is 4.74 Å². The largest absolute Gasteiger partial charge is 0.444 e. The average Bonchev–Trinajstić information content (AvgIpc) is 2.40. The van der Waals surface area contributed by atoms with Crippen molar-refractivity contribution in [1.29, 1.82) is 0 Å². The fourth-order valence-electron chi connectivity index (χ4n) is 2.70. The third-order valence-electron chi connectivity index (χ3n) is 3.84. The number of unbranched alkanes of at least 4 members (excludes halogenated alkanes) is 1. The molecule has 1 aliphatic rings. The Morgan fingerprint density at radius 1 is 1.27 bits per heavy atom. The maximum absolute atomic E-state index is 12.4. The molecule has 4 heteroatoms. The van der Waals surface area contributed by atoms with E-state index in [9.17, 15) is 9.59 Å². The number of amides is 1. The van der Waals surface area contributed by atoms with Crippen LogP contribution in [0.25, 0.3) is 0 Å². The Morgan fingerprint density at radius 2 is 1.95 bits per heavy atom. The van der Waals surface area contributed by atoms with Crippen LogP contribution < -0.4 is 0 Å².